The number of aromatic nitrogens is 2. The number of hydrogen-bond donors (Lipinski definition) is 0. The van der Waals surface area contributed by atoms with E-state index in [-0.39, 0.29) is 6.23 Å². The van der Waals surface area contributed by atoms with Crippen LogP contribution in [-0.4, -0.2) is 27.5 Å². The van der Waals surface area contributed by atoms with Crippen molar-refractivity contribution < 1.29 is 4.74 Å². The fraction of sp³-hybridized carbons (Fsp3) is 0.286. The zero-order valence-electron chi connectivity index (χ0n) is 14.7. The lowest BCUT2D eigenvalue weighted by molar-refractivity contribution is 0.0184. The van der Waals surface area contributed by atoms with Gasteiger partial charge < -0.3 is 4.74 Å². The van der Waals surface area contributed by atoms with Crippen molar-refractivity contribution >= 4 is 10.9 Å². The molecule has 0 bridgehead atoms. The van der Waals surface area contributed by atoms with Crippen LogP contribution in [0.5, 0.6) is 5.75 Å². The molecule has 0 saturated carbocycles. The highest BCUT2D eigenvalue weighted by atomic mass is 16.5. The van der Waals surface area contributed by atoms with Crippen molar-refractivity contribution in [1.82, 2.24) is 14.9 Å². The van der Waals surface area contributed by atoms with Gasteiger partial charge in [-0.3, -0.25) is 9.88 Å². The average Bonchev–Trinajstić information content (AvgIpc) is 3.12. The summed E-state index contributed by atoms with van der Waals surface area (Å²) in [5, 5.41) is 10.1. The molecular formula is C21H20N4O. The molecule has 2 unspecified atom stereocenters. The molecule has 4 rings (SSSR count). The zero-order chi connectivity index (χ0) is 17.9. The second kappa shape index (κ2) is 7.11. The van der Waals surface area contributed by atoms with Crippen LogP contribution in [0.1, 0.15) is 37.3 Å². The van der Waals surface area contributed by atoms with E-state index < -0.39 is 0 Å². The quantitative estimate of drug-likeness (QED) is 0.714. The third-order valence-corrected chi connectivity index (χ3v) is 4.92. The van der Waals surface area contributed by atoms with Gasteiger partial charge in [-0.2, -0.15) is 5.26 Å². The summed E-state index contributed by atoms with van der Waals surface area (Å²) >= 11 is 0. The number of ether oxygens (including phenoxy) is 1. The second-order valence-corrected chi connectivity index (χ2v) is 6.65. The highest BCUT2D eigenvalue weighted by Gasteiger charge is 2.30. The molecule has 0 aliphatic carbocycles. The van der Waals surface area contributed by atoms with Gasteiger partial charge in [0.2, 0.25) is 0 Å². The zero-order valence-corrected chi connectivity index (χ0v) is 14.7. The van der Waals surface area contributed by atoms with Crippen LogP contribution in [-0.2, 0) is 0 Å². The van der Waals surface area contributed by atoms with Gasteiger partial charge in [0.15, 0.2) is 6.23 Å². The number of benzene rings is 1. The summed E-state index contributed by atoms with van der Waals surface area (Å²) in [5.41, 5.74) is 2.28. The minimum absolute atomic E-state index is 0.228. The Labute approximate surface area is 152 Å². The molecule has 1 fully saturated rings. The van der Waals surface area contributed by atoms with E-state index >= 15 is 0 Å². The lowest BCUT2D eigenvalue weighted by atomic mass is 10.2. The Hall–Kier alpha value is -2.97. The Morgan fingerprint density at radius 1 is 1.23 bits per heavy atom. The number of likely N-dealkylation sites (tertiary alicyclic amines) is 1. The minimum Gasteiger partial charge on any atom is -0.471 e. The van der Waals surface area contributed by atoms with Crippen molar-refractivity contribution in [2.45, 2.75) is 32.0 Å². The van der Waals surface area contributed by atoms with Crippen LogP contribution in [0.3, 0.4) is 0 Å². The highest BCUT2D eigenvalue weighted by molar-refractivity contribution is 5.79. The molecule has 1 aliphatic heterocycles. The summed E-state index contributed by atoms with van der Waals surface area (Å²) < 4.78 is 6.40. The predicted octanol–water partition coefficient (Wildman–Crippen LogP) is 4.06. The standard InChI is InChI=1S/C21H20N4O/c1-15-4-3-11-25(15)21(17-6-8-18(13-22)24-14-17)26-19-9-7-16-5-2-10-23-20(16)12-19/h2,5-10,12,14-15,21H,3-4,11H2,1H3. The average molecular weight is 344 g/mol. The maximum atomic E-state index is 9.00. The molecule has 0 amide bonds. The lowest BCUT2D eigenvalue weighted by Gasteiger charge is -2.31. The Balaban J connectivity index is 1.68. The van der Waals surface area contributed by atoms with Gasteiger partial charge in [0.05, 0.1) is 5.52 Å². The van der Waals surface area contributed by atoms with Gasteiger partial charge in [-0.15, -0.1) is 0 Å². The first-order valence-electron chi connectivity index (χ1n) is 8.88. The van der Waals surface area contributed by atoms with Crippen molar-refractivity contribution in [2.75, 3.05) is 6.54 Å². The van der Waals surface area contributed by atoms with E-state index in [2.05, 4.69) is 27.9 Å². The number of nitriles is 1. The van der Waals surface area contributed by atoms with Crippen molar-refractivity contribution in [3.05, 3.63) is 66.1 Å². The van der Waals surface area contributed by atoms with Gasteiger partial charge >= 0.3 is 0 Å². The lowest BCUT2D eigenvalue weighted by Crippen LogP contribution is -2.35. The van der Waals surface area contributed by atoms with E-state index in [0.717, 1.165) is 41.6 Å². The van der Waals surface area contributed by atoms with Gasteiger partial charge in [-0.1, -0.05) is 6.07 Å². The molecule has 26 heavy (non-hydrogen) atoms. The third-order valence-electron chi connectivity index (χ3n) is 4.92. The molecule has 1 aliphatic rings. The van der Waals surface area contributed by atoms with E-state index in [9.17, 15) is 0 Å². The van der Waals surface area contributed by atoms with E-state index in [1.165, 1.54) is 0 Å². The molecule has 0 spiro atoms. The number of pyridine rings is 2. The fourth-order valence-electron chi connectivity index (χ4n) is 3.50. The predicted molar refractivity (Wildman–Crippen MR) is 99.5 cm³/mol. The fourth-order valence-corrected chi connectivity index (χ4v) is 3.50. The Kier molecular flexibility index (Phi) is 4.51. The normalized spacial score (nSPS) is 18.5. The highest BCUT2D eigenvalue weighted by Crippen LogP contribution is 2.32. The van der Waals surface area contributed by atoms with Crippen LogP contribution in [0.15, 0.2) is 54.9 Å². The molecule has 3 heterocycles. The van der Waals surface area contributed by atoms with E-state index in [1.807, 2.05) is 36.4 Å². The molecule has 1 saturated heterocycles. The van der Waals surface area contributed by atoms with Crippen LogP contribution in [0.2, 0.25) is 0 Å². The molecule has 0 N–H and O–H groups in total. The molecule has 5 nitrogen and oxygen atoms in total. The Morgan fingerprint density at radius 2 is 2.15 bits per heavy atom. The summed E-state index contributed by atoms with van der Waals surface area (Å²) in [7, 11) is 0. The summed E-state index contributed by atoms with van der Waals surface area (Å²) in [6.07, 6.45) is 5.62. The van der Waals surface area contributed by atoms with Crippen molar-refractivity contribution in [2.24, 2.45) is 0 Å². The van der Waals surface area contributed by atoms with Crippen LogP contribution < -0.4 is 4.74 Å². The van der Waals surface area contributed by atoms with Crippen molar-refractivity contribution in [3.63, 3.8) is 0 Å². The van der Waals surface area contributed by atoms with Crippen LogP contribution in [0.4, 0.5) is 0 Å². The monoisotopic (exact) mass is 344 g/mol. The SMILES string of the molecule is CC1CCCN1C(Oc1ccc2cccnc2c1)c1ccc(C#N)nc1. The van der Waals surface area contributed by atoms with Crippen LogP contribution in [0.25, 0.3) is 10.9 Å². The van der Waals surface area contributed by atoms with Gasteiger partial charge in [0, 0.05) is 42.0 Å². The van der Waals surface area contributed by atoms with Gasteiger partial charge in [-0.05, 0) is 50.1 Å². The van der Waals surface area contributed by atoms with Crippen molar-refractivity contribution in [3.8, 4) is 11.8 Å². The number of rotatable bonds is 4. The second-order valence-electron chi connectivity index (χ2n) is 6.65. The summed E-state index contributed by atoms with van der Waals surface area (Å²) in [6, 6.07) is 16.1. The molecular weight excluding hydrogens is 324 g/mol. The Morgan fingerprint density at radius 3 is 2.88 bits per heavy atom. The first-order valence-corrected chi connectivity index (χ1v) is 8.88. The minimum atomic E-state index is -0.228. The first kappa shape index (κ1) is 16.5. The molecule has 130 valence electrons. The third kappa shape index (κ3) is 3.24. The largest absolute Gasteiger partial charge is 0.471 e. The smallest absolute Gasteiger partial charge is 0.180 e. The summed E-state index contributed by atoms with van der Waals surface area (Å²) in [6.45, 7) is 3.21. The van der Waals surface area contributed by atoms with Crippen LogP contribution in [0, 0.1) is 11.3 Å². The Bertz CT molecular complexity index is 948. The van der Waals surface area contributed by atoms with E-state index in [0.29, 0.717) is 11.7 Å². The number of fused-ring (bicyclic) bond motifs is 1. The number of nitrogens with zero attached hydrogens (tertiary/aromatic N) is 4. The maximum Gasteiger partial charge on any atom is 0.180 e. The topological polar surface area (TPSA) is 62.0 Å². The van der Waals surface area contributed by atoms with Crippen molar-refractivity contribution in [1.29, 1.82) is 5.26 Å². The van der Waals surface area contributed by atoms with E-state index in [1.54, 1.807) is 18.5 Å². The number of hydrogen-bond acceptors (Lipinski definition) is 5. The van der Waals surface area contributed by atoms with Gasteiger partial charge in [0.25, 0.3) is 0 Å². The molecule has 2 aromatic heterocycles. The van der Waals surface area contributed by atoms with E-state index in [4.69, 9.17) is 10.00 Å². The van der Waals surface area contributed by atoms with Crippen LogP contribution >= 0.6 is 0 Å². The summed E-state index contributed by atoms with van der Waals surface area (Å²) in [4.78, 5) is 11.0. The first-order chi connectivity index (χ1) is 12.7. The van der Waals surface area contributed by atoms with Gasteiger partial charge in [-0.25, -0.2) is 4.98 Å². The molecule has 1 aromatic carbocycles. The molecule has 5 heteroatoms. The molecule has 0 radical (unpaired) electrons. The van der Waals surface area contributed by atoms with Gasteiger partial charge in [0.1, 0.15) is 17.5 Å². The molecule has 3 aromatic rings. The maximum absolute atomic E-state index is 9.00. The summed E-state index contributed by atoms with van der Waals surface area (Å²) in [5.74, 6) is 0.782. The molecule has 2 atom stereocenters.